The summed E-state index contributed by atoms with van der Waals surface area (Å²) >= 11 is 0. The Hall–Kier alpha value is -2.82. The molecule has 0 radical (unpaired) electrons. The number of aliphatic hydroxyl groups excluding tert-OH is 2. The van der Waals surface area contributed by atoms with Gasteiger partial charge in [-0.2, -0.15) is 0 Å². The van der Waals surface area contributed by atoms with Gasteiger partial charge in [-0.25, -0.2) is 0 Å². The van der Waals surface area contributed by atoms with E-state index in [4.69, 9.17) is 9.47 Å². The van der Waals surface area contributed by atoms with Crippen molar-refractivity contribution in [2.45, 2.75) is 47.1 Å². The molecule has 186 valence electrons. The first kappa shape index (κ1) is 25.3. The smallest absolute Gasteiger partial charge is 0.119 e. The molecule has 0 saturated heterocycles. The maximum atomic E-state index is 9.51. The fraction of sp³-hybridized carbons (Fsp3) is 0.419. The van der Waals surface area contributed by atoms with Crippen LogP contribution in [0.5, 0.6) is 5.75 Å². The Labute approximate surface area is 209 Å². The van der Waals surface area contributed by atoms with Crippen molar-refractivity contribution >= 4 is 0 Å². The van der Waals surface area contributed by atoms with Gasteiger partial charge < -0.3 is 19.7 Å². The average molecular weight is 475 g/mol. The molecule has 0 spiro atoms. The highest BCUT2D eigenvalue weighted by Crippen LogP contribution is 2.57. The molecule has 0 bridgehead atoms. The molecule has 4 nitrogen and oxygen atoms in total. The van der Waals surface area contributed by atoms with Gasteiger partial charge >= 0.3 is 0 Å². The molecule has 2 aliphatic carbocycles. The molecule has 2 aromatic rings. The Morgan fingerprint density at radius 2 is 1.86 bits per heavy atom. The highest BCUT2D eigenvalue weighted by Gasteiger charge is 2.46. The highest BCUT2D eigenvalue weighted by molar-refractivity contribution is 5.72. The second-order valence-electron chi connectivity index (χ2n) is 10.5. The van der Waals surface area contributed by atoms with Crippen molar-refractivity contribution < 1.29 is 19.7 Å². The molecule has 2 aliphatic rings. The fourth-order valence-electron chi connectivity index (χ4n) is 5.12. The van der Waals surface area contributed by atoms with Crippen LogP contribution in [-0.2, 0) is 11.3 Å². The SMILES string of the molecule is C=C(/C=C1/CC2CC2/C1=C/C)OCc1cccc(-c2c(C)cc(OCC(C)(CO)CO)cc2C)c1. The van der Waals surface area contributed by atoms with Gasteiger partial charge in [-0.3, -0.25) is 0 Å². The molecular formula is C31H38O4. The van der Waals surface area contributed by atoms with Crippen molar-refractivity contribution in [1.82, 2.24) is 0 Å². The number of fused-ring (bicyclic) bond motifs is 1. The number of aliphatic hydroxyl groups is 2. The van der Waals surface area contributed by atoms with E-state index in [2.05, 4.69) is 63.8 Å². The van der Waals surface area contributed by atoms with Crippen LogP contribution in [0.3, 0.4) is 0 Å². The molecule has 2 aromatic carbocycles. The van der Waals surface area contributed by atoms with Gasteiger partial charge in [-0.1, -0.05) is 37.8 Å². The summed E-state index contributed by atoms with van der Waals surface area (Å²) in [6, 6.07) is 12.5. The Morgan fingerprint density at radius 3 is 2.51 bits per heavy atom. The molecule has 0 aliphatic heterocycles. The first-order valence-corrected chi connectivity index (χ1v) is 12.5. The lowest BCUT2D eigenvalue weighted by atomic mass is 9.93. The molecule has 2 N–H and O–H groups in total. The van der Waals surface area contributed by atoms with Crippen molar-refractivity contribution in [2.75, 3.05) is 19.8 Å². The van der Waals surface area contributed by atoms with Gasteiger partial charge in [0.1, 0.15) is 18.1 Å². The monoisotopic (exact) mass is 474 g/mol. The van der Waals surface area contributed by atoms with Crippen molar-refractivity contribution in [3.8, 4) is 16.9 Å². The predicted octanol–water partition coefficient (Wildman–Crippen LogP) is 6.28. The van der Waals surface area contributed by atoms with E-state index in [0.29, 0.717) is 6.61 Å². The third-order valence-electron chi connectivity index (χ3n) is 7.32. The fourth-order valence-corrected chi connectivity index (χ4v) is 5.12. The molecule has 4 heteroatoms. The zero-order valence-corrected chi connectivity index (χ0v) is 21.4. The van der Waals surface area contributed by atoms with Gasteiger partial charge in [0.25, 0.3) is 0 Å². The maximum absolute atomic E-state index is 9.51. The molecule has 4 rings (SSSR count). The van der Waals surface area contributed by atoms with E-state index in [1.165, 1.54) is 23.1 Å². The lowest BCUT2D eigenvalue weighted by Crippen LogP contribution is -2.33. The van der Waals surface area contributed by atoms with Crippen molar-refractivity contribution in [3.63, 3.8) is 0 Å². The summed E-state index contributed by atoms with van der Waals surface area (Å²) in [6.45, 7) is 12.7. The van der Waals surface area contributed by atoms with Crippen molar-refractivity contribution in [3.05, 3.63) is 88.7 Å². The van der Waals surface area contributed by atoms with Crippen molar-refractivity contribution in [2.24, 2.45) is 17.3 Å². The largest absolute Gasteiger partial charge is 0.493 e. The number of aryl methyl sites for hydroxylation is 2. The quantitative estimate of drug-likeness (QED) is 0.398. The van der Waals surface area contributed by atoms with Gasteiger partial charge in [-0.05, 0) is 109 Å². The van der Waals surface area contributed by atoms with E-state index in [0.717, 1.165) is 52.0 Å². The Morgan fingerprint density at radius 1 is 1.14 bits per heavy atom. The van der Waals surface area contributed by atoms with E-state index in [1.54, 1.807) is 6.92 Å². The second-order valence-corrected chi connectivity index (χ2v) is 10.5. The summed E-state index contributed by atoms with van der Waals surface area (Å²) < 4.78 is 11.9. The third-order valence-corrected chi connectivity index (χ3v) is 7.32. The van der Waals surface area contributed by atoms with Crippen LogP contribution >= 0.6 is 0 Å². The normalized spacial score (nSPS) is 21.3. The van der Waals surface area contributed by atoms with E-state index in [-0.39, 0.29) is 19.8 Å². The number of hydrogen-bond donors (Lipinski definition) is 2. The summed E-state index contributed by atoms with van der Waals surface area (Å²) in [5, 5.41) is 19.0. The lowest BCUT2D eigenvalue weighted by molar-refractivity contribution is 0.0287. The van der Waals surface area contributed by atoms with E-state index < -0.39 is 5.41 Å². The summed E-state index contributed by atoms with van der Waals surface area (Å²) in [7, 11) is 0. The lowest BCUT2D eigenvalue weighted by Gasteiger charge is -2.25. The molecule has 35 heavy (non-hydrogen) atoms. The number of hydrogen-bond acceptors (Lipinski definition) is 4. The van der Waals surface area contributed by atoms with Crippen LogP contribution in [0.1, 0.15) is 43.4 Å². The molecule has 2 saturated carbocycles. The van der Waals surface area contributed by atoms with Gasteiger partial charge in [0, 0.05) is 5.41 Å². The molecule has 0 heterocycles. The molecule has 0 aromatic heterocycles. The van der Waals surface area contributed by atoms with Crippen molar-refractivity contribution in [1.29, 1.82) is 0 Å². The number of rotatable bonds is 10. The second kappa shape index (κ2) is 10.4. The third kappa shape index (κ3) is 5.71. The zero-order chi connectivity index (χ0) is 25.2. The summed E-state index contributed by atoms with van der Waals surface area (Å²) in [6.07, 6.45) is 6.86. The first-order valence-electron chi connectivity index (χ1n) is 12.5. The Kier molecular flexibility index (Phi) is 7.53. The van der Waals surface area contributed by atoms with Crippen LogP contribution in [-0.4, -0.2) is 30.0 Å². The average Bonchev–Trinajstić information content (AvgIpc) is 3.52. The Bertz CT molecular complexity index is 1130. The van der Waals surface area contributed by atoms with Crippen LogP contribution in [0, 0.1) is 31.1 Å². The minimum Gasteiger partial charge on any atom is -0.493 e. The zero-order valence-electron chi connectivity index (χ0n) is 21.4. The van der Waals surface area contributed by atoms with E-state index in [1.807, 2.05) is 12.1 Å². The van der Waals surface area contributed by atoms with Gasteiger partial charge in [0.15, 0.2) is 0 Å². The van der Waals surface area contributed by atoms with E-state index >= 15 is 0 Å². The standard InChI is InChI=1S/C31H38O4/c1-6-28-25(14-26-15-29(26)28)12-22(4)34-16-23-8-7-9-24(13-23)30-20(2)10-27(11-21(30)3)35-19-31(5,17-32)18-33/h6-13,26,29,32-33H,4,14-19H2,1-3,5H3/b25-12-,28-6+. The number of ether oxygens (including phenoxy) is 2. The van der Waals surface area contributed by atoms with Crippen LogP contribution in [0.2, 0.25) is 0 Å². The summed E-state index contributed by atoms with van der Waals surface area (Å²) in [4.78, 5) is 0. The van der Waals surface area contributed by atoms with Gasteiger partial charge in [-0.15, -0.1) is 0 Å². The number of benzene rings is 2. The highest BCUT2D eigenvalue weighted by atomic mass is 16.5. The van der Waals surface area contributed by atoms with Crippen LogP contribution in [0.25, 0.3) is 11.1 Å². The topological polar surface area (TPSA) is 58.9 Å². The summed E-state index contributed by atoms with van der Waals surface area (Å²) in [5.41, 5.74) is 7.84. The minimum absolute atomic E-state index is 0.130. The first-order chi connectivity index (χ1) is 16.8. The van der Waals surface area contributed by atoms with Crippen LogP contribution < -0.4 is 4.74 Å². The molecule has 0 amide bonds. The van der Waals surface area contributed by atoms with Crippen LogP contribution in [0.15, 0.2) is 72.0 Å². The minimum atomic E-state index is -0.665. The molecule has 2 atom stereocenters. The summed E-state index contributed by atoms with van der Waals surface area (Å²) in [5.74, 6) is 3.07. The number of allylic oxidation sites excluding steroid dienone is 4. The molecular weight excluding hydrogens is 436 g/mol. The molecule has 2 unspecified atom stereocenters. The van der Waals surface area contributed by atoms with Crippen LogP contribution in [0.4, 0.5) is 0 Å². The van der Waals surface area contributed by atoms with Gasteiger partial charge in [0.2, 0.25) is 0 Å². The predicted molar refractivity (Wildman–Crippen MR) is 141 cm³/mol. The maximum Gasteiger partial charge on any atom is 0.119 e. The van der Waals surface area contributed by atoms with E-state index in [9.17, 15) is 10.2 Å². The Balaban J connectivity index is 1.43. The van der Waals surface area contributed by atoms with Gasteiger partial charge in [0.05, 0.1) is 19.8 Å². The molecule has 2 fully saturated rings.